The van der Waals surface area contributed by atoms with Gasteiger partial charge in [-0.15, -0.1) is 19.0 Å². The molecule has 1 fully saturated rings. The van der Waals surface area contributed by atoms with E-state index >= 15 is 0 Å². The van der Waals surface area contributed by atoms with E-state index in [9.17, 15) is 17.6 Å². The fourth-order valence-corrected chi connectivity index (χ4v) is 2.87. The van der Waals surface area contributed by atoms with Crippen molar-refractivity contribution in [2.75, 3.05) is 26.2 Å². The Kier molecular flexibility index (Phi) is 7.32. The largest absolute Gasteiger partial charge is 0.416 e. The molecule has 2 nitrogen and oxygen atoms in total. The lowest BCUT2D eigenvalue weighted by atomic mass is 9.98. The van der Waals surface area contributed by atoms with Crippen LogP contribution in [0.2, 0.25) is 5.02 Å². The highest BCUT2D eigenvalue weighted by molar-refractivity contribution is 6.30. The Bertz CT molecular complexity index is 543. The van der Waals surface area contributed by atoms with Crippen molar-refractivity contribution in [3.05, 3.63) is 46.8 Å². The van der Waals surface area contributed by atoms with Gasteiger partial charge in [-0.1, -0.05) is 17.7 Å². The Morgan fingerprint density at radius 1 is 1.30 bits per heavy atom. The molecule has 1 aliphatic heterocycles. The van der Waals surface area contributed by atoms with Crippen LogP contribution in [-0.4, -0.2) is 31.1 Å². The Hall–Kier alpha value is -0.820. The fourth-order valence-electron chi connectivity index (χ4n) is 2.64. The molecular formula is C15H18Cl2F4N2. The van der Waals surface area contributed by atoms with E-state index in [1.807, 2.05) is 4.90 Å². The van der Waals surface area contributed by atoms with Crippen LogP contribution in [0.1, 0.15) is 23.6 Å². The van der Waals surface area contributed by atoms with Crippen molar-refractivity contribution in [3.63, 3.8) is 0 Å². The number of rotatable bonds is 4. The average Bonchev–Trinajstić information content (AvgIpc) is 2.47. The number of piperazine rings is 1. The van der Waals surface area contributed by atoms with Crippen LogP contribution >= 0.6 is 24.0 Å². The van der Waals surface area contributed by atoms with Gasteiger partial charge in [-0.3, -0.25) is 4.90 Å². The lowest BCUT2D eigenvalue weighted by Gasteiger charge is -2.35. The highest BCUT2D eigenvalue weighted by Crippen LogP contribution is 2.37. The molecule has 23 heavy (non-hydrogen) atoms. The summed E-state index contributed by atoms with van der Waals surface area (Å²) < 4.78 is 53.2. The molecule has 1 aromatic carbocycles. The molecule has 0 amide bonds. The highest BCUT2D eigenvalue weighted by Gasteiger charge is 2.34. The maximum Gasteiger partial charge on any atom is 0.416 e. The summed E-state index contributed by atoms with van der Waals surface area (Å²) in [6, 6.07) is 0.986. The normalized spacial score (nSPS) is 17.4. The van der Waals surface area contributed by atoms with E-state index in [2.05, 4.69) is 11.9 Å². The molecule has 1 saturated heterocycles. The lowest BCUT2D eigenvalue weighted by molar-refractivity contribution is -0.137. The molecule has 8 heteroatoms. The third-order valence-electron chi connectivity index (χ3n) is 3.72. The predicted octanol–water partition coefficient (Wildman–Crippen LogP) is 4.44. The molecule has 0 unspecified atom stereocenters. The quantitative estimate of drug-likeness (QED) is 0.620. The van der Waals surface area contributed by atoms with Crippen LogP contribution in [0.3, 0.4) is 0 Å². The number of alkyl halides is 3. The second kappa shape index (κ2) is 8.33. The number of hydrogen-bond donors (Lipinski definition) is 1. The maximum absolute atomic E-state index is 14.3. The molecule has 1 aliphatic rings. The first-order chi connectivity index (χ1) is 10.3. The van der Waals surface area contributed by atoms with Gasteiger partial charge in [0.1, 0.15) is 5.82 Å². The van der Waals surface area contributed by atoms with Gasteiger partial charge in [0.25, 0.3) is 0 Å². The first kappa shape index (κ1) is 20.2. The monoisotopic (exact) mass is 372 g/mol. The van der Waals surface area contributed by atoms with Crippen molar-refractivity contribution >= 4 is 24.0 Å². The van der Waals surface area contributed by atoms with Crippen LogP contribution in [0.15, 0.2) is 24.8 Å². The van der Waals surface area contributed by atoms with Crippen molar-refractivity contribution in [3.8, 4) is 0 Å². The minimum absolute atomic E-state index is 0. The molecular weight excluding hydrogens is 355 g/mol. The molecule has 2 rings (SSSR count). The van der Waals surface area contributed by atoms with E-state index in [1.54, 1.807) is 6.08 Å². The SMILES string of the molecule is C=CC[C@H](c1cc(C(F)(F)F)cc(Cl)c1F)N1CCNCC1.Cl. The van der Waals surface area contributed by atoms with Crippen molar-refractivity contribution in [1.82, 2.24) is 10.2 Å². The predicted molar refractivity (Wildman–Crippen MR) is 85.7 cm³/mol. The minimum atomic E-state index is -4.56. The number of halogens is 6. The Balaban J connectivity index is 0.00000264. The number of nitrogens with zero attached hydrogens (tertiary/aromatic N) is 1. The maximum atomic E-state index is 14.3. The smallest absolute Gasteiger partial charge is 0.314 e. The van der Waals surface area contributed by atoms with Gasteiger partial charge >= 0.3 is 6.18 Å². The highest BCUT2D eigenvalue weighted by atomic mass is 35.5. The third-order valence-corrected chi connectivity index (χ3v) is 4.00. The van der Waals surface area contributed by atoms with Crippen molar-refractivity contribution < 1.29 is 17.6 Å². The summed E-state index contributed by atoms with van der Waals surface area (Å²) in [4.78, 5) is 1.95. The van der Waals surface area contributed by atoms with Crippen LogP contribution in [0.4, 0.5) is 17.6 Å². The number of benzene rings is 1. The van der Waals surface area contributed by atoms with Crippen LogP contribution in [0.25, 0.3) is 0 Å². The molecule has 0 spiro atoms. The van der Waals surface area contributed by atoms with Crippen molar-refractivity contribution in [2.24, 2.45) is 0 Å². The summed E-state index contributed by atoms with van der Waals surface area (Å²) in [5.41, 5.74) is -0.959. The summed E-state index contributed by atoms with van der Waals surface area (Å²) in [5.74, 6) is -0.792. The lowest BCUT2D eigenvalue weighted by Crippen LogP contribution is -2.45. The zero-order valence-electron chi connectivity index (χ0n) is 12.3. The first-order valence-corrected chi connectivity index (χ1v) is 7.34. The average molecular weight is 373 g/mol. The summed E-state index contributed by atoms with van der Waals surface area (Å²) in [6.45, 7) is 6.31. The first-order valence-electron chi connectivity index (χ1n) is 6.96. The standard InChI is InChI=1S/C15H17ClF4N2.ClH/c1-2-3-13(22-6-4-21-5-7-22)11-8-10(15(18,19)20)9-12(16)14(11)17;/h2,8-9,13,21H,1,3-7H2;1H/t13-;/m1./s1. The zero-order valence-corrected chi connectivity index (χ0v) is 13.9. The summed E-state index contributed by atoms with van der Waals surface area (Å²) >= 11 is 5.68. The molecule has 0 saturated carbocycles. The molecule has 130 valence electrons. The van der Waals surface area contributed by atoms with Gasteiger partial charge in [-0.2, -0.15) is 13.2 Å². The van der Waals surface area contributed by atoms with E-state index in [0.717, 1.165) is 6.07 Å². The van der Waals surface area contributed by atoms with E-state index in [4.69, 9.17) is 11.6 Å². The zero-order chi connectivity index (χ0) is 16.3. The van der Waals surface area contributed by atoms with Gasteiger partial charge in [-0.25, -0.2) is 4.39 Å². The third kappa shape index (κ3) is 4.83. The van der Waals surface area contributed by atoms with Gasteiger partial charge in [0.2, 0.25) is 0 Å². The second-order valence-corrected chi connectivity index (χ2v) is 5.59. The number of nitrogens with one attached hydrogen (secondary N) is 1. The van der Waals surface area contributed by atoms with Crippen LogP contribution in [0, 0.1) is 5.82 Å². The molecule has 1 atom stereocenters. The van der Waals surface area contributed by atoms with E-state index in [1.165, 1.54) is 0 Å². The second-order valence-electron chi connectivity index (χ2n) is 5.19. The molecule has 0 bridgehead atoms. The Morgan fingerprint density at radius 3 is 2.43 bits per heavy atom. The van der Waals surface area contributed by atoms with E-state index < -0.39 is 28.6 Å². The molecule has 0 aliphatic carbocycles. The summed E-state index contributed by atoms with van der Waals surface area (Å²) in [7, 11) is 0. The van der Waals surface area contributed by atoms with Gasteiger partial charge < -0.3 is 5.32 Å². The number of hydrogen-bond acceptors (Lipinski definition) is 2. The fraction of sp³-hybridized carbons (Fsp3) is 0.467. The molecule has 1 heterocycles. The summed E-state index contributed by atoms with van der Waals surface area (Å²) in [5, 5.41) is 2.65. The van der Waals surface area contributed by atoms with Gasteiger partial charge in [0, 0.05) is 37.8 Å². The van der Waals surface area contributed by atoms with E-state index in [0.29, 0.717) is 38.7 Å². The van der Waals surface area contributed by atoms with E-state index in [-0.39, 0.29) is 18.0 Å². The molecule has 0 aromatic heterocycles. The Morgan fingerprint density at radius 2 is 1.91 bits per heavy atom. The topological polar surface area (TPSA) is 15.3 Å². The van der Waals surface area contributed by atoms with Crippen molar-refractivity contribution in [2.45, 2.75) is 18.6 Å². The molecule has 0 radical (unpaired) electrons. The minimum Gasteiger partial charge on any atom is -0.314 e. The Labute approximate surface area is 143 Å². The van der Waals surface area contributed by atoms with Gasteiger partial charge in [0.05, 0.1) is 10.6 Å². The van der Waals surface area contributed by atoms with Gasteiger partial charge in [-0.05, 0) is 18.6 Å². The molecule has 1 N–H and O–H groups in total. The molecule has 1 aromatic rings. The van der Waals surface area contributed by atoms with Gasteiger partial charge in [0.15, 0.2) is 0 Å². The van der Waals surface area contributed by atoms with Crippen LogP contribution in [-0.2, 0) is 6.18 Å². The van der Waals surface area contributed by atoms with Crippen LogP contribution in [0.5, 0.6) is 0 Å². The van der Waals surface area contributed by atoms with Crippen LogP contribution < -0.4 is 5.32 Å². The van der Waals surface area contributed by atoms with Crippen molar-refractivity contribution in [1.29, 1.82) is 0 Å². The summed E-state index contributed by atoms with van der Waals surface area (Å²) in [6.07, 6.45) is -2.62.